The van der Waals surface area contributed by atoms with E-state index in [9.17, 15) is 0 Å². The molecule has 0 saturated heterocycles. The number of rotatable bonds is 6. The molecular formula is C41H42Cl4Zr. The number of hydrogen-bond acceptors (Lipinski definition) is 0. The topological polar surface area (TPSA) is 0 Å². The molecule has 0 N–H and O–H groups in total. The minimum absolute atomic E-state index is 0. The molecule has 0 radical (unpaired) electrons. The molecule has 5 heteroatoms. The average Bonchev–Trinajstić information content (AvgIpc) is 3.59. The molecule has 0 saturated carbocycles. The molecule has 0 spiro atoms. The molecule has 0 nitrogen and oxygen atoms in total. The Morgan fingerprint density at radius 1 is 0.674 bits per heavy atom. The molecular weight excluding hydrogens is 725 g/mol. The maximum Gasteiger partial charge on any atom is -1.00 e. The Morgan fingerprint density at radius 3 is 1.54 bits per heavy atom. The van der Waals surface area contributed by atoms with Gasteiger partial charge in [-0.25, -0.2) is 0 Å². The van der Waals surface area contributed by atoms with Crippen LogP contribution in [0.2, 0.25) is 10.0 Å². The first-order valence-corrected chi connectivity index (χ1v) is 20.4. The molecule has 0 unspecified atom stereocenters. The summed E-state index contributed by atoms with van der Waals surface area (Å²) in [6.45, 7) is 14.0. The minimum atomic E-state index is -2.62. The molecule has 4 aromatic rings. The van der Waals surface area contributed by atoms with E-state index in [2.05, 4.69) is 133 Å². The third kappa shape index (κ3) is 7.93. The van der Waals surface area contributed by atoms with Gasteiger partial charge in [0.25, 0.3) is 0 Å². The Labute approximate surface area is 306 Å². The van der Waals surface area contributed by atoms with Gasteiger partial charge in [0, 0.05) is 0 Å². The predicted molar refractivity (Wildman–Crippen MR) is 188 cm³/mol. The molecule has 2 aliphatic carbocycles. The zero-order valence-corrected chi connectivity index (χ0v) is 33.0. The van der Waals surface area contributed by atoms with Crippen LogP contribution in [0.15, 0.2) is 106 Å². The first-order chi connectivity index (χ1) is 20.9. The fourth-order valence-electron chi connectivity index (χ4n) is 6.80. The van der Waals surface area contributed by atoms with Crippen LogP contribution in [-0.4, -0.2) is 3.21 Å². The smallest absolute Gasteiger partial charge is 1.00 e. The van der Waals surface area contributed by atoms with Crippen molar-refractivity contribution < 1.29 is 46.1 Å². The van der Waals surface area contributed by atoms with Gasteiger partial charge in [0.05, 0.1) is 0 Å². The number of allylic oxidation sites excluding steroid dienone is 4. The normalized spacial score (nSPS) is 13.6. The molecule has 0 bridgehead atoms. The molecule has 0 heterocycles. The second-order valence-corrected chi connectivity index (χ2v) is 22.1. The first kappa shape index (κ1) is 37.1. The van der Waals surface area contributed by atoms with Crippen LogP contribution in [0.5, 0.6) is 0 Å². The summed E-state index contributed by atoms with van der Waals surface area (Å²) in [5.41, 5.74) is 11.5. The summed E-state index contributed by atoms with van der Waals surface area (Å²) in [7, 11) is 0. The summed E-state index contributed by atoms with van der Waals surface area (Å²) in [6, 6.07) is 31.7. The van der Waals surface area contributed by atoms with E-state index < -0.39 is 21.3 Å². The van der Waals surface area contributed by atoms with E-state index in [1.165, 1.54) is 44.5 Å². The van der Waals surface area contributed by atoms with Gasteiger partial charge in [0.1, 0.15) is 0 Å². The molecule has 0 atom stereocenters. The maximum atomic E-state index is 6.55. The van der Waals surface area contributed by atoms with E-state index in [-0.39, 0.29) is 35.6 Å². The van der Waals surface area contributed by atoms with Gasteiger partial charge < -0.3 is 24.8 Å². The van der Waals surface area contributed by atoms with E-state index in [1.807, 2.05) is 12.1 Å². The summed E-state index contributed by atoms with van der Waals surface area (Å²) in [6.07, 6.45) is 10.0. The number of hydrogen-bond donors (Lipinski definition) is 0. The largest absolute Gasteiger partial charge is 1.00 e. The van der Waals surface area contributed by atoms with E-state index in [4.69, 9.17) is 23.2 Å². The van der Waals surface area contributed by atoms with Gasteiger partial charge >= 0.3 is 284 Å². The van der Waals surface area contributed by atoms with Gasteiger partial charge in [0.15, 0.2) is 0 Å². The average molecular weight is 768 g/mol. The summed E-state index contributed by atoms with van der Waals surface area (Å²) >= 11 is 10.5. The standard InChI is InChI=1S/C21H25.C15H12Cl2.C5H5.2ClH.Zr/c1-20(2,3)16-9-7-14-11-15-8-10-17(21(4,5)6)13-19(15)18(14)12-16;16-14-8-2-6-12(10-14)4-1-5-13-7-3-9-15(17)11-13;1-2-4-5-3-1;;;/h7-13H,1-6H3;2-3,6-11H,4-5H2;1-3H,4H2;2*1H;/q;;;;;+2/p-2. The van der Waals surface area contributed by atoms with Crippen LogP contribution >= 0.6 is 23.2 Å². The van der Waals surface area contributed by atoms with Crippen LogP contribution in [0, 0.1) is 0 Å². The molecule has 4 aromatic carbocycles. The van der Waals surface area contributed by atoms with Crippen molar-refractivity contribution in [3.63, 3.8) is 0 Å². The fourth-order valence-corrected chi connectivity index (χ4v) is 16.5. The minimum Gasteiger partial charge on any atom is -1.00 e. The molecule has 0 aromatic heterocycles. The van der Waals surface area contributed by atoms with Crippen molar-refractivity contribution in [1.82, 2.24) is 0 Å². The second kappa shape index (κ2) is 14.8. The molecule has 0 aliphatic heterocycles. The summed E-state index contributed by atoms with van der Waals surface area (Å²) < 4.78 is 3.79. The summed E-state index contributed by atoms with van der Waals surface area (Å²) in [5.74, 6) is 0. The van der Waals surface area contributed by atoms with Crippen molar-refractivity contribution >= 4 is 26.4 Å². The van der Waals surface area contributed by atoms with Gasteiger partial charge in [-0.05, 0) is 0 Å². The van der Waals surface area contributed by atoms with Crippen LogP contribution in [-0.2, 0) is 44.9 Å². The van der Waals surface area contributed by atoms with Gasteiger partial charge in [0.2, 0.25) is 0 Å². The van der Waals surface area contributed by atoms with Crippen molar-refractivity contribution in [2.75, 3.05) is 0 Å². The van der Waals surface area contributed by atoms with Crippen molar-refractivity contribution in [2.24, 2.45) is 0 Å². The van der Waals surface area contributed by atoms with Crippen LogP contribution in [0.4, 0.5) is 0 Å². The van der Waals surface area contributed by atoms with Crippen molar-refractivity contribution in [1.29, 1.82) is 0 Å². The van der Waals surface area contributed by atoms with Crippen molar-refractivity contribution in [3.05, 3.63) is 150 Å². The molecule has 6 rings (SSSR count). The SMILES string of the molecule is CC(C)(C)c1ccc2c(c1)-c1cc(C(C)(C)C)ccc1[CH]2[Zr+2]([C]1=CC=CC1)=[C](Cc1cccc(Cl)c1)Cc1cccc(Cl)c1.[Cl-].[Cl-]. The van der Waals surface area contributed by atoms with Crippen molar-refractivity contribution in [2.45, 2.75) is 75.3 Å². The zero-order valence-electron chi connectivity index (χ0n) is 27.5. The van der Waals surface area contributed by atoms with Gasteiger partial charge in [-0.2, -0.15) is 0 Å². The molecule has 0 fully saturated rings. The molecule has 238 valence electrons. The van der Waals surface area contributed by atoms with E-state index in [0.717, 1.165) is 29.3 Å². The van der Waals surface area contributed by atoms with Crippen molar-refractivity contribution in [3.8, 4) is 11.1 Å². The Hall–Kier alpha value is -1.73. The number of benzene rings is 4. The van der Waals surface area contributed by atoms with Crippen LogP contribution in [0.1, 0.15) is 85.0 Å². The Balaban J connectivity index is 0.00000240. The number of fused-ring (bicyclic) bond motifs is 3. The number of halogens is 4. The summed E-state index contributed by atoms with van der Waals surface area (Å²) in [5, 5.41) is 1.61. The second-order valence-electron chi connectivity index (χ2n) is 14.5. The monoisotopic (exact) mass is 764 g/mol. The Kier molecular flexibility index (Phi) is 11.9. The Bertz CT molecular complexity index is 1720. The van der Waals surface area contributed by atoms with E-state index in [0.29, 0.717) is 3.63 Å². The maximum absolute atomic E-state index is 6.55. The first-order valence-electron chi connectivity index (χ1n) is 15.7. The van der Waals surface area contributed by atoms with Gasteiger partial charge in [-0.1, -0.05) is 0 Å². The van der Waals surface area contributed by atoms with E-state index >= 15 is 0 Å². The molecule has 0 amide bonds. The van der Waals surface area contributed by atoms with Crippen LogP contribution in [0.25, 0.3) is 11.1 Å². The zero-order chi connectivity index (χ0) is 31.2. The van der Waals surface area contributed by atoms with E-state index in [1.54, 1.807) is 6.49 Å². The summed E-state index contributed by atoms with van der Waals surface area (Å²) in [4.78, 5) is 0. The molecule has 2 aliphatic rings. The molecule has 46 heavy (non-hydrogen) atoms. The third-order valence-corrected chi connectivity index (χ3v) is 17.9. The van der Waals surface area contributed by atoms with Crippen LogP contribution in [0.3, 0.4) is 0 Å². The van der Waals surface area contributed by atoms with Gasteiger partial charge in [-0.3, -0.25) is 0 Å². The van der Waals surface area contributed by atoms with Gasteiger partial charge in [-0.15, -0.1) is 0 Å². The quantitative estimate of drug-likeness (QED) is 0.234. The third-order valence-electron chi connectivity index (χ3n) is 9.15. The van der Waals surface area contributed by atoms with Crippen LogP contribution < -0.4 is 24.8 Å². The fraction of sp³-hybridized carbons (Fsp3) is 0.293. The predicted octanol–water partition coefficient (Wildman–Crippen LogP) is 5.79. The Morgan fingerprint density at radius 2 is 1.15 bits per heavy atom.